The van der Waals surface area contributed by atoms with Crippen molar-refractivity contribution in [1.82, 2.24) is 4.31 Å². The first kappa shape index (κ1) is 20.6. The number of nitrogens with zero attached hydrogens (tertiary/aromatic N) is 2. The molecule has 3 heterocycles. The molecular formula is C21H18Cl2N2O5S. The zero-order valence-electron chi connectivity index (χ0n) is 16.4. The molecule has 31 heavy (non-hydrogen) atoms. The predicted octanol–water partition coefficient (Wildman–Crippen LogP) is 4.40. The SMILES string of the molecule is Cc1c(N2CC3CC2CN3S(=O)(=O)c2c(Cl)cccc2Cl)ccc2oc(C(=O)O)cc12. The number of sulfonamides is 1. The van der Waals surface area contributed by atoms with Crippen molar-refractivity contribution in [2.24, 2.45) is 0 Å². The van der Waals surface area contributed by atoms with E-state index in [1.165, 1.54) is 22.5 Å². The zero-order valence-corrected chi connectivity index (χ0v) is 18.7. The highest BCUT2D eigenvalue weighted by atomic mass is 35.5. The van der Waals surface area contributed by atoms with Gasteiger partial charge >= 0.3 is 5.97 Å². The van der Waals surface area contributed by atoms with Crippen molar-refractivity contribution < 1.29 is 22.7 Å². The molecule has 162 valence electrons. The second-order valence-electron chi connectivity index (χ2n) is 7.86. The van der Waals surface area contributed by atoms with Crippen LogP contribution in [0, 0.1) is 6.92 Å². The summed E-state index contributed by atoms with van der Waals surface area (Å²) in [4.78, 5) is 13.4. The Morgan fingerprint density at radius 3 is 2.45 bits per heavy atom. The van der Waals surface area contributed by atoms with Crippen LogP contribution >= 0.6 is 23.2 Å². The van der Waals surface area contributed by atoms with Crippen molar-refractivity contribution in [2.75, 3.05) is 18.0 Å². The number of benzene rings is 2. The molecule has 0 amide bonds. The highest BCUT2D eigenvalue weighted by Gasteiger charge is 2.49. The number of fused-ring (bicyclic) bond motifs is 3. The van der Waals surface area contributed by atoms with E-state index >= 15 is 0 Å². The first-order chi connectivity index (χ1) is 14.7. The fourth-order valence-electron chi connectivity index (χ4n) is 4.72. The van der Waals surface area contributed by atoms with E-state index in [2.05, 4.69) is 4.90 Å². The van der Waals surface area contributed by atoms with Gasteiger partial charge in [-0.15, -0.1) is 0 Å². The number of carboxylic acids is 1. The Morgan fingerprint density at radius 2 is 1.84 bits per heavy atom. The molecule has 3 aromatic rings. The standard InChI is InChI=1S/C21H18Cl2N2O5S/c1-11-14-8-19(21(26)27)30-18(14)6-5-17(11)24-9-13-7-12(24)10-25(13)31(28,29)20-15(22)3-2-4-16(20)23/h2-6,8,12-13H,7,9-10H2,1H3,(H,26,27). The van der Waals surface area contributed by atoms with Crippen LogP contribution in [0.4, 0.5) is 5.69 Å². The number of carboxylic acid groups (broad SMARTS) is 1. The second kappa shape index (κ2) is 7.13. The van der Waals surface area contributed by atoms with Crippen molar-refractivity contribution in [2.45, 2.75) is 30.3 Å². The van der Waals surface area contributed by atoms with Gasteiger partial charge in [0, 0.05) is 36.2 Å². The van der Waals surface area contributed by atoms with E-state index in [1.54, 1.807) is 12.1 Å². The fourth-order valence-corrected chi connectivity index (χ4v) is 7.48. The maximum Gasteiger partial charge on any atom is 0.371 e. The molecule has 0 radical (unpaired) electrons. The normalized spacial score (nSPS) is 21.3. The van der Waals surface area contributed by atoms with Gasteiger partial charge in [-0.1, -0.05) is 29.3 Å². The Balaban J connectivity index is 1.45. The van der Waals surface area contributed by atoms with Gasteiger partial charge in [0.25, 0.3) is 0 Å². The lowest BCUT2D eigenvalue weighted by atomic mass is 10.1. The molecule has 2 aliphatic rings. The average molecular weight is 481 g/mol. The lowest BCUT2D eigenvalue weighted by Gasteiger charge is -2.36. The van der Waals surface area contributed by atoms with Gasteiger partial charge in [-0.2, -0.15) is 4.31 Å². The van der Waals surface area contributed by atoms with Gasteiger partial charge in [-0.3, -0.25) is 0 Å². The minimum Gasteiger partial charge on any atom is -0.475 e. The molecular weight excluding hydrogens is 463 g/mol. The van der Waals surface area contributed by atoms with Crippen molar-refractivity contribution in [3.05, 3.63) is 57.8 Å². The van der Waals surface area contributed by atoms with Gasteiger partial charge < -0.3 is 14.4 Å². The third-order valence-corrected chi connectivity index (χ3v) is 9.01. The third kappa shape index (κ3) is 3.12. The lowest BCUT2D eigenvalue weighted by molar-refractivity contribution is 0.0665. The Kier molecular flexibility index (Phi) is 4.75. The molecule has 0 aliphatic carbocycles. The van der Waals surface area contributed by atoms with Gasteiger partial charge in [0.2, 0.25) is 15.8 Å². The molecule has 0 spiro atoms. The molecule has 7 nitrogen and oxygen atoms in total. The zero-order chi connectivity index (χ0) is 22.1. The molecule has 0 saturated carbocycles. The number of rotatable bonds is 4. The summed E-state index contributed by atoms with van der Waals surface area (Å²) < 4.78 is 33.5. The number of anilines is 1. The van der Waals surface area contributed by atoms with Crippen molar-refractivity contribution in [1.29, 1.82) is 0 Å². The summed E-state index contributed by atoms with van der Waals surface area (Å²) in [5.41, 5.74) is 2.37. The van der Waals surface area contributed by atoms with Crippen molar-refractivity contribution >= 4 is 55.9 Å². The van der Waals surface area contributed by atoms with Gasteiger partial charge in [-0.25, -0.2) is 13.2 Å². The number of aromatic carboxylic acids is 1. The topological polar surface area (TPSA) is 91.1 Å². The van der Waals surface area contributed by atoms with E-state index in [9.17, 15) is 18.3 Å². The molecule has 5 rings (SSSR count). The quantitative estimate of drug-likeness (QED) is 0.594. The van der Waals surface area contributed by atoms with Crippen LogP contribution in [0.5, 0.6) is 0 Å². The molecule has 1 aromatic heterocycles. The highest BCUT2D eigenvalue weighted by Crippen LogP contribution is 2.42. The molecule has 2 atom stereocenters. The molecule has 2 saturated heterocycles. The Hall–Kier alpha value is -2.26. The van der Waals surface area contributed by atoms with Gasteiger partial charge in [0.05, 0.1) is 10.0 Å². The van der Waals surface area contributed by atoms with E-state index in [4.69, 9.17) is 27.6 Å². The molecule has 2 fully saturated rings. The minimum absolute atomic E-state index is 0.00281. The van der Waals surface area contributed by atoms with Crippen LogP contribution in [0.2, 0.25) is 10.0 Å². The fraction of sp³-hybridized carbons (Fsp3) is 0.286. The summed E-state index contributed by atoms with van der Waals surface area (Å²) in [5, 5.41) is 10.2. The molecule has 2 bridgehead atoms. The number of hydrogen-bond donors (Lipinski definition) is 1. The van der Waals surface area contributed by atoms with Crippen LogP contribution in [0.25, 0.3) is 11.0 Å². The van der Waals surface area contributed by atoms with Crippen LogP contribution < -0.4 is 4.90 Å². The Labute approximate surface area is 188 Å². The Bertz CT molecular complexity index is 1320. The minimum atomic E-state index is -3.82. The lowest BCUT2D eigenvalue weighted by Crippen LogP contribution is -2.49. The first-order valence-electron chi connectivity index (χ1n) is 9.67. The summed E-state index contributed by atoms with van der Waals surface area (Å²) in [5.74, 6) is -1.22. The van der Waals surface area contributed by atoms with E-state index in [0.29, 0.717) is 25.1 Å². The van der Waals surface area contributed by atoms with E-state index in [1.807, 2.05) is 13.0 Å². The number of piperazine rings is 1. The average Bonchev–Trinajstić information content (AvgIpc) is 3.42. The van der Waals surface area contributed by atoms with Crippen LogP contribution in [0.1, 0.15) is 22.5 Å². The van der Waals surface area contributed by atoms with Gasteiger partial charge in [0.1, 0.15) is 10.5 Å². The van der Waals surface area contributed by atoms with Crippen LogP contribution in [-0.2, 0) is 10.0 Å². The van der Waals surface area contributed by atoms with E-state index in [-0.39, 0.29) is 32.8 Å². The van der Waals surface area contributed by atoms with E-state index < -0.39 is 16.0 Å². The van der Waals surface area contributed by atoms with Crippen LogP contribution in [0.3, 0.4) is 0 Å². The third-order valence-electron chi connectivity index (χ3n) is 6.14. The predicted molar refractivity (Wildman–Crippen MR) is 118 cm³/mol. The number of hydrogen-bond acceptors (Lipinski definition) is 5. The monoisotopic (exact) mass is 480 g/mol. The second-order valence-corrected chi connectivity index (χ2v) is 10.5. The maximum absolute atomic E-state index is 13.3. The highest BCUT2D eigenvalue weighted by molar-refractivity contribution is 7.89. The summed E-state index contributed by atoms with van der Waals surface area (Å²) in [6.07, 6.45) is 0.699. The summed E-state index contributed by atoms with van der Waals surface area (Å²) in [7, 11) is -3.82. The Morgan fingerprint density at radius 1 is 1.13 bits per heavy atom. The van der Waals surface area contributed by atoms with Gasteiger partial charge in [-0.05, 0) is 49.2 Å². The molecule has 2 aromatic carbocycles. The van der Waals surface area contributed by atoms with Crippen LogP contribution in [0.15, 0.2) is 45.7 Å². The molecule has 1 N–H and O–H groups in total. The van der Waals surface area contributed by atoms with Crippen molar-refractivity contribution in [3.8, 4) is 0 Å². The van der Waals surface area contributed by atoms with Crippen LogP contribution in [-0.4, -0.2) is 49.0 Å². The molecule has 2 unspecified atom stereocenters. The smallest absolute Gasteiger partial charge is 0.371 e. The largest absolute Gasteiger partial charge is 0.475 e. The summed E-state index contributed by atoms with van der Waals surface area (Å²) >= 11 is 12.3. The number of halogens is 2. The van der Waals surface area contributed by atoms with E-state index in [0.717, 1.165) is 16.6 Å². The maximum atomic E-state index is 13.3. The van der Waals surface area contributed by atoms with Crippen molar-refractivity contribution in [3.63, 3.8) is 0 Å². The number of aryl methyl sites for hydroxylation is 1. The number of carbonyl (C=O) groups is 1. The first-order valence-corrected chi connectivity index (χ1v) is 11.9. The summed E-state index contributed by atoms with van der Waals surface area (Å²) in [6, 6.07) is 9.66. The molecule has 10 heteroatoms. The van der Waals surface area contributed by atoms with Gasteiger partial charge in [0.15, 0.2) is 0 Å². The summed E-state index contributed by atoms with van der Waals surface area (Å²) in [6.45, 7) is 2.78. The molecule has 2 aliphatic heterocycles. The number of furan rings is 1.